The summed E-state index contributed by atoms with van der Waals surface area (Å²) in [5, 5.41) is 9.54. The molecule has 1 saturated heterocycles. The van der Waals surface area contributed by atoms with Crippen molar-refractivity contribution in [1.82, 2.24) is 20.2 Å². The fourth-order valence-corrected chi connectivity index (χ4v) is 5.07. The Kier molecular flexibility index (Phi) is 4.91. The van der Waals surface area contributed by atoms with Gasteiger partial charge >= 0.3 is 0 Å². The van der Waals surface area contributed by atoms with E-state index in [1.807, 2.05) is 11.4 Å². The van der Waals surface area contributed by atoms with Gasteiger partial charge in [0.15, 0.2) is 0 Å². The van der Waals surface area contributed by atoms with Crippen LogP contribution in [0.25, 0.3) is 0 Å². The van der Waals surface area contributed by atoms with Crippen molar-refractivity contribution in [2.75, 3.05) is 13.1 Å². The zero-order valence-electron chi connectivity index (χ0n) is 14.9. The maximum atomic E-state index is 13.0. The molecule has 6 nitrogen and oxygen atoms in total. The number of nitrogens with one attached hydrogen (secondary N) is 2. The van der Waals surface area contributed by atoms with Gasteiger partial charge < -0.3 is 10.6 Å². The monoisotopic (exact) mass is 372 g/mol. The van der Waals surface area contributed by atoms with Gasteiger partial charge in [0.1, 0.15) is 6.04 Å². The number of rotatable bonds is 5. The number of aryl methyl sites for hydroxylation is 1. The maximum Gasteiger partial charge on any atom is 0.251 e. The minimum absolute atomic E-state index is 0.0851. The third-order valence-corrected chi connectivity index (χ3v) is 6.28. The van der Waals surface area contributed by atoms with Crippen LogP contribution in [-0.2, 0) is 17.8 Å². The molecule has 2 aromatic rings. The molecule has 4 heterocycles. The molecule has 0 radical (unpaired) electrons. The van der Waals surface area contributed by atoms with Crippen LogP contribution in [0.3, 0.4) is 0 Å². The Labute approximate surface area is 156 Å². The van der Waals surface area contributed by atoms with Gasteiger partial charge in [0.2, 0.25) is 5.91 Å². The standard InChI is InChI=1S/C19H24N4O2S/c1-2-4-16-22-14(11-26-16)10-21-19(25)18-13-7-12(8-20-9-13)15-5-3-6-17(24)23(15)18/h3,5-6,11-13,18,20H,2,4,7-10H2,1H3,(H,21,25)/t12-,13+,18-/m1/s1. The number of thiazole rings is 1. The van der Waals surface area contributed by atoms with Gasteiger partial charge in [-0.25, -0.2) is 4.98 Å². The maximum absolute atomic E-state index is 13.0. The van der Waals surface area contributed by atoms with Crippen LogP contribution in [0, 0.1) is 5.92 Å². The molecule has 2 N–H and O–H groups in total. The van der Waals surface area contributed by atoms with Crippen LogP contribution in [0.5, 0.6) is 0 Å². The summed E-state index contributed by atoms with van der Waals surface area (Å²) in [6, 6.07) is 4.88. The Morgan fingerprint density at radius 2 is 2.31 bits per heavy atom. The third-order valence-electron chi connectivity index (χ3n) is 5.32. The first kappa shape index (κ1) is 17.4. The summed E-state index contributed by atoms with van der Waals surface area (Å²) in [5.74, 6) is 0.367. The van der Waals surface area contributed by atoms with Crippen molar-refractivity contribution in [1.29, 1.82) is 0 Å². The fraction of sp³-hybridized carbons (Fsp3) is 0.526. The van der Waals surface area contributed by atoms with Gasteiger partial charge in [0, 0.05) is 42.1 Å². The highest BCUT2D eigenvalue weighted by Gasteiger charge is 2.41. The van der Waals surface area contributed by atoms with E-state index in [2.05, 4.69) is 22.5 Å². The topological polar surface area (TPSA) is 76.0 Å². The van der Waals surface area contributed by atoms with Gasteiger partial charge in [-0.2, -0.15) is 0 Å². The van der Waals surface area contributed by atoms with Crippen molar-refractivity contribution in [2.24, 2.45) is 5.92 Å². The van der Waals surface area contributed by atoms with Crippen LogP contribution in [0.4, 0.5) is 0 Å². The Bertz CT molecular complexity index is 859. The van der Waals surface area contributed by atoms with Crippen molar-refractivity contribution in [3.63, 3.8) is 0 Å². The summed E-state index contributed by atoms with van der Waals surface area (Å²) in [4.78, 5) is 30.1. The lowest BCUT2D eigenvalue weighted by Crippen LogP contribution is -2.52. The van der Waals surface area contributed by atoms with Crippen molar-refractivity contribution in [3.8, 4) is 0 Å². The molecule has 4 rings (SSSR count). The fourth-order valence-electron chi connectivity index (χ4n) is 4.17. The van der Waals surface area contributed by atoms with Crippen molar-refractivity contribution in [3.05, 3.63) is 50.3 Å². The first-order valence-electron chi connectivity index (χ1n) is 9.30. The Morgan fingerprint density at radius 1 is 1.42 bits per heavy atom. The van der Waals surface area contributed by atoms with E-state index in [1.54, 1.807) is 28.0 Å². The zero-order chi connectivity index (χ0) is 18.1. The molecule has 0 aromatic carbocycles. The number of fused-ring (bicyclic) bond motifs is 4. The van der Waals surface area contributed by atoms with Crippen LogP contribution >= 0.6 is 11.3 Å². The Balaban J connectivity index is 1.55. The molecule has 2 aliphatic heterocycles. The first-order valence-corrected chi connectivity index (χ1v) is 10.2. The highest BCUT2D eigenvalue weighted by atomic mass is 32.1. The summed E-state index contributed by atoms with van der Waals surface area (Å²) >= 11 is 1.64. The van der Waals surface area contributed by atoms with E-state index in [0.29, 0.717) is 12.5 Å². The van der Waals surface area contributed by atoms with E-state index in [9.17, 15) is 9.59 Å². The van der Waals surface area contributed by atoms with E-state index in [4.69, 9.17) is 0 Å². The largest absolute Gasteiger partial charge is 0.349 e. The molecule has 138 valence electrons. The minimum Gasteiger partial charge on any atom is -0.349 e. The molecule has 0 spiro atoms. The average molecular weight is 372 g/mol. The lowest BCUT2D eigenvalue weighted by molar-refractivity contribution is -0.127. The number of aromatic nitrogens is 2. The second-order valence-corrected chi connectivity index (χ2v) is 8.10. The lowest BCUT2D eigenvalue weighted by atomic mass is 9.79. The van der Waals surface area contributed by atoms with E-state index in [-0.39, 0.29) is 17.4 Å². The molecule has 1 fully saturated rings. The van der Waals surface area contributed by atoms with E-state index in [0.717, 1.165) is 48.7 Å². The molecule has 26 heavy (non-hydrogen) atoms. The number of pyridine rings is 1. The summed E-state index contributed by atoms with van der Waals surface area (Å²) < 4.78 is 1.72. The van der Waals surface area contributed by atoms with Crippen molar-refractivity contribution in [2.45, 2.75) is 44.7 Å². The highest BCUT2D eigenvalue weighted by Crippen LogP contribution is 2.38. The van der Waals surface area contributed by atoms with Crippen LogP contribution in [-0.4, -0.2) is 28.5 Å². The van der Waals surface area contributed by atoms with Crippen LogP contribution in [0.1, 0.15) is 48.1 Å². The molecule has 0 saturated carbocycles. The number of carbonyl (C=O) groups excluding carboxylic acids is 1. The second kappa shape index (κ2) is 7.32. The molecule has 0 unspecified atom stereocenters. The number of hydrogen-bond donors (Lipinski definition) is 2. The summed E-state index contributed by atoms with van der Waals surface area (Å²) in [6.45, 7) is 4.18. The Morgan fingerprint density at radius 3 is 3.15 bits per heavy atom. The minimum atomic E-state index is -0.448. The van der Waals surface area contributed by atoms with Crippen LogP contribution < -0.4 is 16.2 Å². The quantitative estimate of drug-likeness (QED) is 0.839. The molecule has 3 atom stereocenters. The summed E-state index contributed by atoms with van der Waals surface area (Å²) in [5.41, 5.74) is 1.78. The van der Waals surface area contributed by atoms with Gasteiger partial charge in [0.25, 0.3) is 5.56 Å². The lowest BCUT2D eigenvalue weighted by Gasteiger charge is -2.42. The highest BCUT2D eigenvalue weighted by molar-refractivity contribution is 7.09. The third kappa shape index (κ3) is 3.21. The molecule has 7 heteroatoms. The number of nitrogens with zero attached hydrogens (tertiary/aromatic N) is 2. The number of carbonyl (C=O) groups is 1. The molecule has 2 aromatic heterocycles. The number of piperidine rings is 1. The van der Waals surface area contributed by atoms with E-state index in [1.165, 1.54) is 0 Å². The molecular formula is C19H24N4O2S. The van der Waals surface area contributed by atoms with Gasteiger partial charge in [-0.05, 0) is 25.3 Å². The molecular weight excluding hydrogens is 348 g/mol. The number of amides is 1. The predicted molar refractivity (Wildman–Crippen MR) is 101 cm³/mol. The van der Waals surface area contributed by atoms with Gasteiger partial charge in [-0.1, -0.05) is 13.0 Å². The first-order chi connectivity index (χ1) is 12.7. The molecule has 1 amide bonds. The zero-order valence-corrected chi connectivity index (χ0v) is 15.7. The molecule has 2 bridgehead atoms. The van der Waals surface area contributed by atoms with Gasteiger partial charge in [0.05, 0.1) is 17.2 Å². The van der Waals surface area contributed by atoms with Gasteiger partial charge in [-0.3, -0.25) is 14.2 Å². The summed E-state index contributed by atoms with van der Waals surface area (Å²) in [7, 11) is 0. The average Bonchev–Trinajstić information content (AvgIpc) is 3.09. The smallest absolute Gasteiger partial charge is 0.251 e. The van der Waals surface area contributed by atoms with Crippen LogP contribution in [0.2, 0.25) is 0 Å². The van der Waals surface area contributed by atoms with Crippen molar-refractivity contribution >= 4 is 17.2 Å². The van der Waals surface area contributed by atoms with E-state index >= 15 is 0 Å². The predicted octanol–water partition coefficient (Wildman–Crippen LogP) is 1.82. The normalized spacial score (nSPS) is 24.1. The molecule has 2 aliphatic rings. The summed E-state index contributed by atoms with van der Waals surface area (Å²) in [6.07, 6.45) is 2.99. The number of hydrogen-bond acceptors (Lipinski definition) is 5. The van der Waals surface area contributed by atoms with Crippen molar-refractivity contribution < 1.29 is 4.79 Å². The Hall–Kier alpha value is -1.99. The SMILES string of the molecule is CCCc1nc(CNC(=O)[C@H]2[C@@H]3CNC[C@@H](C3)c3cccc(=O)n32)cs1. The van der Waals surface area contributed by atoms with Gasteiger partial charge in [-0.15, -0.1) is 11.3 Å². The second-order valence-electron chi connectivity index (χ2n) is 7.16. The van der Waals surface area contributed by atoms with Crippen LogP contribution in [0.15, 0.2) is 28.4 Å². The van der Waals surface area contributed by atoms with E-state index < -0.39 is 6.04 Å². The molecule has 0 aliphatic carbocycles.